The molecule has 0 saturated carbocycles. The molecule has 3 aromatic rings. The second kappa shape index (κ2) is 8.05. The fourth-order valence-electron chi connectivity index (χ4n) is 2.26. The topological polar surface area (TPSA) is 81.9 Å². The van der Waals surface area contributed by atoms with Crippen molar-refractivity contribution in [1.29, 1.82) is 0 Å². The van der Waals surface area contributed by atoms with Crippen molar-refractivity contribution in [3.05, 3.63) is 66.7 Å². The van der Waals surface area contributed by atoms with Crippen LogP contribution in [0.5, 0.6) is 6.01 Å². The number of ether oxygens (including phenoxy) is 1. The molecule has 0 fully saturated rings. The van der Waals surface area contributed by atoms with Gasteiger partial charge in [0.15, 0.2) is 6.10 Å². The van der Waals surface area contributed by atoms with Crippen LogP contribution in [0.2, 0.25) is 0 Å². The van der Waals surface area contributed by atoms with Gasteiger partial charge in [-0.1, -0.05) is 31.2 Å². The number of nitrogens with one attached hydrogen (secondary N) is 1. The van der Waals surface area contributed by atoms with E-state index < -0.39 is 6.10 Å². The molecule has 0 aliphatic rings. The van der Waals surface area contributed by atoms with Crippen LogP contribution < -0.4 is 10.1 Å². The Morgan fingerprint density at radius 1 is 1.24 bits per heavy atom. The molecule has 0 aliphatic heterocycles. The lowest BCUT2D eigenvalue weighted by atomic mass is 10.2. The Morgan fingerprint density at radius 3 is 2.80 bits per heavy atom. The van der Waals surface area contributed by atoms with Gasteiger partial charge in [0.25, 0.3) is 5.91 Å². The van der Waals surface area contributed by atoms with Crippen molar-refractivity contribution in [3.63, 3.8) is 0 Å². The zero-order chi connectivity index (χ0) is 17.5. The van der Waals surface area contributed by atoms with Gasteiger partial charge in [0.1, 0.15) is 6.33 Å². The van der Waals surface area contributed by atoms with Crippen LogP contribution in [-0.2, 0) is 11.3 Å². The van der Waals surface area contributed by atoms with Gasteiger partial charge in [-0.15, -0.1) is 5.10 Å². The van der Waals surface area contributed by atoms with Crippen LogP contribution in [-0.4, -0.2) is 31.8 Å². The summed E-state index contributed by atoms with van der Waals surface area (Å²) in [4.78, 5) is 20.5. The summed E-state index contributed by atoms with van der Waals surface area (Å²) in [5.41, 5.74) is 1.80. The number of nitrogens with zero attached hydrogens (tertiary/aromatic N) is 4. The molecule has 1 amide bonds. The summed E-state index contributed by atoms with van der Waals surface area (Å²) in [5, 5.41) is 7.10. The largest absolute Gasteiger partial charge is 0.449 e. The van der Waals surface area contributed by atoms with E-state index in [1.165, 1.54) is 0 Å². The number of pyridine rings is 1. The number of hydrogen-bond acceptors (Lipinski definition) is 5. The van der Waals surface area contributed by atoms with Crippen LogP contribution in [0.4, 0.5) is 0 Å². The van der Waals surface area contributed by atoms with Gasteiger partial charge in [-0.05, 0) is 30.2 Å². The number of amides is 1. The summed E-state index contributed by atoms with van der Waals surface area (Å²) in [6, 6.07) is 13.5. The van der Waals surface area contributed by atoms with Crippen LogP contribution in [0.25, 0.3) is 5.69 Å². The smallest absolute Gasteiger partial charge is 0.336 e. The van der Waals surface area contributed by atoms with Gasteiger partial charge in [0.2, 0.25) is 0 Å². The molecule has 1 atom stereocenters. The van der Waals surface area contributed by atoms with Gasteiger partial charge in [-0.2, -0.15) is 4.98 Å². The first-order valence-corrected chi connectivity index (χ1v) is 8.06. The van der Waals surface area contributed by atoms with E-state index in [1.807, 2.05) is 49.4 Å². The molecule has 0 radical (unpaired) electrons. The third-order valence-corrected chi connectivity index (χ3v) is 3.59. The maximum atomic E-state index is 12.3. The molecule has 25 heavy (non-hydrogen) atoms. The Bertz CT molecular complexity index is 805. The summed E-state index contributed by atoms with van der Waals surface area (Å²) in [6.07, 6.45) is 4.83. The zero-order valence-corrected chi connectivity index (χ0v) is 13.9. The van der Waals surface area contributed by atoms with Gasteiger partial charge in [0, 0.05) is 18.9 Å². The monoisotopic (exact) mass is 337 g/mol. The quantitative estimate of drug-likeness (QED) is 0.714. The number of rotatable bonds is 7. The lowest BCUT2D eigenvalue weighted by molar-refractivity contribution is -0.128. The molecule has 0 spiro atoms. The van der Waals surface area contributed by atoms with Crippen molar-refractivity contribution >= 4 is 5.91 Å². The number of benzene rings is 1. The predicted octanol–water partition coefficient (Wildman–Crippen LogP) is 2.14. The molecule has 0 saturated heterocycles. The fraction of sp³-hybridized carbons (Fsp3) is 0.222. The minimum Gasteiger partial charge on any atom is -0.449 e. The minimum absolute atomic E-state index is 0.173. The first-order valence-electron chi connectivity index (χ1n) is 8.06. The maximum Gasteiger partial charge on any atom is 0.336 e. The molecule has 7 heteroatoms. The highest BCUT2D eigenvalue weighted by molar-refractivity contribution is 5.80. The maximum absolute atomic E-state index is 12.3. The molecule has 1 aromatic carbocycles. The second-order valence-corrected chi connectivity index (χ2v) is 5.40. The highest BCUT2D eigenvalue weighted by Crippen LogP contribution is 2.11. The Kier molecular flexibility index (Phi) is 5.36. The number of aromatic nitrogens is 4. The van der Waals surface area contributed by atoms with E-state index in [9.17, 15) is 4.79 Å². The van der Waals surface area contributed by atoms with Crippen LogP contribution >= 0.6 is 0 Å². The van der Waals surface area contributed by atoms with Crippen molar-refractivity contribution in [2.75, 3.05) is 0 Å². The summed E-state index contributed by atoms with van der Waals surface area (Å²) in [6.45, 7) is 2.28. The molecule has 3 rings (SSSR count). The van der Waals surface area contributed by atoms with E-state index in [4.69, 9.17) is 4.74 Å². The Morgan fingerprint density at radius 2 is 2.08 bits per heavy atom. The van der Waals surface area contributed by atoms with E-state index >= 15 is 0 Å². The predicted molar refractivity (Wildman–Crippen MR) is 92.1 cm³/mol. The standard InChI is InChI=1S/C18H19N5O2/c1-2-16(17(24)20-12-14-7-6-10-19-11-14)25-18-21-13-23(22-18)15-8-4-3-5-9-15/h3-11,13,16H,2,12H2,1H3,(H,20,24). The first-order chi connectivity index (χ1) is 12.3. The number of hydrogen-bond donors (Lipinski definition) is 1. The molecular formula is C18H19N5O2. The molecule has 2 aromatic heterocycles. The van der Waals surface area contributed by atoms with Crippen molar-refractivity contribution in [1.82, 2.24) is 25.1 Å². The zero-order valence-electron chi connectivity index (χ0n) is 13.9. The second-order valence-electron chi connectivity index (χ2n) is 5.40. The van der Waals surface area contributed by atoms with E-state index in [0.29, 0.717) is 13.0 Å². The van der Waals surface area contributed by atoms with Crippen molar-refractivity contribution in [3.8, 4) is 11.7 Å². The lowest BCUT2D eigenvalue weighted by Crippen LogP contribution is -2.37. The molecule has 128 valence electrons. The van der Waals surface area contributed by atoms with Gasteiger partial charge in [-0.25, -0.2) is 4.68 Å². The van der Waals surface area contributed by atoms with Crippen molar-refractivity contribution in [2.45, 2.75) is 26.0 Å². The lowest BCUT2D eigenvalue weighted by Gasteiger charge is -2.14. The average Bonchev–Trinajstić information content (AvgIpc) is 3.14. The Hall–Kier alpha value is -3.22. The van der Waals surface area contributed by atoms with Gasteiger partial charge >= 0.3 is 6.01 Å². The molecule has 0 aliphatic carbocycles. The average molecular weight is 337 g/mol. The highest BCUT2D eigenvalue weighted by Gasteiger charge is 2.20. The van der Waals surface area contributed by atoms with Crippen LogP contribution in [0, 0.1) is 0 Å². The van der Waals surface area contributed by atoms with Gasteiger partial charge in [0.05, 0.1) is 5.69 Å². The highest BCUT2D eigenvalue weighted by atomic mass is 16.5. The van der Waals surface area contributed by atoms with Gasteiger partial charge in [-0.3, -0.25) is 9.78 Å². The molecule has 0 bridgehead atoms. The van der Waals surface area contributed by atoms with E-state index in [1.54, 1.807) is 23.4 Å². The Labute approximate surface area is 145 Å². The van der Waals surface area contributed by atoms with Crippen LogP contribution in [0.3, 0.4) is 0 Å². The molecule has 2 heterocycles. The van der Waals surface area contributed by atoms with Gasteiger partial charge < -0.3 is 10.1 Å². The van der Waals surface area contributed by atoms with E-state index in [-0.39, 0.29) is 11.9 Å². The minimum atomic E-state index is -0.650. The van der Waals surface area contributed by atoms with Crippen molar-refractivity contribution in [2.24, 2.45) is 0 Å². The summed E-state index contributed by atoms with van der Waals surface area (Å²) >= 11 is 0. The molecule has 7 nitrogen and oxygen atoms in total. The Balaban J connectivity index is 1.60. The van der Waals surface area contributed by atoms with Crippen molar-refractivity contribution < 1.29 is 9.53 Å². The summed E-state index contributed by atoms with van der Waals surface area (Å²) in [5.74, 6) is -0.206. The number of carbonyl (C=O) groups excluding carboxylic acids is 1. The summed E-state index contributed by atoms with van der Waals surface area (Å²) < 4.78 is 7.25. The SMILES string of the molecule is CCC(Oc1ncn(-c2ccccc2)n1)C(=O)NCc1cccnc1. The fourth-order valence-corrected chi connectivity index (χ4v) is 2.26. The van der Waals surface area contributed by atoms with Crippen LogP contribution in [0.1, 0.15) is 18.9 Å². The molecular weight excluding hydrogens is 318 g/mol. The normalized spacial score (nSPS) is 11.7. The number of carbonyl (C=O) groups is 1. The van der Waals surface area contributed by atoms with Crippen LogP contribution in [0.15, 0.2) is 61.2 Å². The molecule has 1 unspecified atom stereocenters. The van der Waals surface area contributed by atoms with E-state index in [2.05, 4.69) is 20.4 Å². The third kappa shape index (κ3) is 4.41. The first kappa shape index (κ1) is 16.6. The third-order valence-electron chi connectivity index (χ3n) is 3.59. The summed E-state index contributed by atoms with van der Waals surface area (Å²) in [7, 11) is 0. The molecule has 1 N–H and O–H groups in total. The van der Waals surface area contributed by atoms with E-state index in [0.717, 1.165) is 11.3 Å². The number of para-hydroxylation sites is 1.